The molecule has 1 fully saturated rings. The number of hydrogen-bond donors (Lipinski definition) is 0. The Bertz CT molecular complexity index is 677. The van der Waals surface area contributed by atoms with Crippen LogP contribution in [0.4, 0.5) is 0 Å². The maximum absolute atomic E-state index is 12.6. The molecule has 0 spiro atoms. The highest BCUT2D eigenvalue weighted by atomic mass is 32.2. The van der Waals surface area contributed by atoms with E-state index in [-0.39, 0.29) is 12.0 Å². The van der Waals surface area contributed by atoms with Gasteiger partial charge in [-0.15, -0.1) is 23.1 Å². The Kier molecular flexibility index (Phi) is 5.41. The lowest BCUT2D eigenvalue weighted by atomic mass is 10.2. The highest BCUT2D eigenvalue weighted by molar-refractivity contribution is 7.98. The summed E-state index contributed by atoms with van der Waals surface area (Å²) in [7, 11) is 1.86. The second-order valence-corrected chi connectivity index (χ2v) is 7.71. The van der Waals surface area contributed by atoms with Gasteiger partial charge >= 0.3 is 0 Å². The van der Waals surface area contributed by atoms with Crippen molar-refractivity contribution in [1.82, 2.24) is 4.90 Å². The molecule has 0 radical (unpaired) electrons. The molecule has 0 aliphatic carbocycles. The quantitative estimate of drug-likeness (QED) is 0.741. The minimum absolute atomic E-state index is 0.0776. The Morgan fingerprint density at radius 2 is 2.26 bits per heavy atom. The van der Waals surface area contributed by atoms with Crippen LogP contribution in [-0.4, -0.2) is 30.7 Å². The van der Waals surface area contributed by atoms with Gasteiger partial charge in [-0.2, -0.15) is 0 Å². The molecular formula is C18H21NO2S2. The van der Waals surface area contributed by atoms with Gasteiger partial charge in [-0.25, -0.2) is 0 Å². The molecule has 1 amide bonds. The first kappa shape index (κ1) is 16.6. The van der Waals surface area contributed by atoms with Gasteiger partial charge in [0, 0.05) is 30.0 Å². The molecule has 1 aromatic heterocycles. The number of hydrogen-bond acceptors (Lipinski definition) is 4. The third-order valence-electron chi connectivity index (χ3n) is 3.99. The zero-order valence-corrected chi connectivity index (χ0v) is 15.1. The number of carbonyl (C=O) groups is 1. The molecule has 1 atom stereocenters. The first-order valence-corrected chi connectivity index (χ1v) is 9.81. The van der Waals surface area contributed by atoms with Gasteiger partial charge in [-0.3, -0.25) is 4.79 Å². The first-order chi connectivity index (χ1) is 11.2. The second-order valence-electron chi connectivity index (χ2n) is 5.72. The number of benzene rings is 1. The molecule has 122 valence electrons. The second kappa shape index (κ2) is 7.51. The number of carbonyl (C=O) groups excluding carboxylic acids is 1. The van der Waals surface area contributed by atoms with Gasteiger partial charge in [-0.1, -0.05) is 12.1 Å². The number of amides is 1. The van der Waals surface area contributed by atoms with Crippen molar-refractivity contribution in [2.75, 3.05) is 19.9 Å². The molecular weight excluding hydrogens is 326 g/mol. The van der Waals surface area contributed by atoms with Crippen LogP contribution in [0.5, 0.6) is 0 Å². The first-order valence-electron chi connectivity index (χ1n) is 7.77. The number of thiophene rings is 1. The zero-order valence-electron chi connectivity index (χ0n) is 13.5. The summed E-state index contributed by atoms with van der Waals surface area (Å²) >= 11 is 3.28. The summed E-state index contributed by atoms with van der Waals surface area (Å²) in [6, 6.07) is 12.3. The summed E-state index contributed by atoms with van der Waals surface area (Å²) < 4.78 is 5.70. The lowest BCUT2D eigenvalue weighted by Gasteiger charge is -2.16. The SMILES string of the molecule is CSc1cccc(CN(C)C(=O)c2ccc([C@@H]3CCCO3)s2)c1. The average molecular weight is 348 g/mol. The Morgan fingerprint density at radius 3 is 3.00 bits per heavy atom. The zero-order chi connectivity index (χ0) is 16.2. The Balaban J connectivity index is 1.67. The van der Waals surface area contributed by atoms with E-state index in [0.29, 0.717) is 6.54 Å². The summed E-state index contributed by atoms with van der Waals surface area (Å²) in [4.78, 5) is 17.6. The standard InChI is InChI=1S/C18H21NO2S2/c1-19(12-13-5-3-6-14(11-13)22-2)18(20)17-9-8-16(23-17)15-7-4-10-21-15/h3,5-6,8-9,11,15H,4,7,10,12H2,1-2H3/t15-/m0/s1. The van der Waals surface area contributed by atoms with Crippen molar-refractivity contribution in [2.24, 2.45) is 0 Å². The van der Waals surface area contributed by atoms with E-state index >= 15 is 0 Å². The van der Waals surface area contributed by atoms with Crippen molar-refractivity contribution in [1.29, 1.82) is 0 Å². The normalized spacial score (nSPS) is 17.4. The predicted octanol–water partition coefficient (Wildman–Crippen LogP) is 4.59. The van der Waals surface area contributed by atoms with Gasteiger partial charge in [-0.05, 0) is 48.9 Å². The highest BCUT2D eigenvalue weighted by Gasteiger charge is 2.22. The van der Waals surface area contributed by atoms with E-state index in [1.54, 1.807) is 28.0 Å². The molecule has 1 aromatic carbocycles. The van der Waals surface area contributed by atoms with Crippen LogP contribution < -0.4 is 0 Å². The third kappa shape index (κ3) is 3.97. The number of rotatable bonds is 5. The van der Waals surface area contributed by atoms with Crippen LogP contribution in [-0.2, 0) is 11.3 Å². The summed E-state index contributed by atoms with van der Waals surface area (Å²) in [6.45, 7) is 1.46. The van der Waals surface area contributed by atoms with Crippen molar-refractivity contribution in [3.8, 4) is 0 Å². The molecule has 2 aromatic rings. The smallest absolute Gasteiger partial charge is 0.263 e. The minimum atomic E-state index is 0.0776. The van der Waals surface area contributed by atoms with Crippen LogP contribution in [0, 0.1) is 0 Å². The highest BCUT2D eigenvalue weighted by Crippen LogP contribution is 2.33. The fourth-order valence-corrected chi connectivity index (χ4v) is 4.32. The van der Waals surface area contributed by atoms with Crippen molar-refractivity contribution < 1.29 is 9.53 Å². The Labute approximate surface area is 145 Å². The van der Waals surface area contributed by atoms with Gasteiger partial charge in [0.15, 0.2) is 0 Å². The van der Waals surface area contributed by atoms with E-state index in [1.807, 2.05) is 25.2 Å². The fraction of sp³-hybridized carbons (Fsp3) is 0.389. The van der Waals surface area contributed by atoms with E-state index in [1.165, 1.54) is 9.77 Å². The van der Waals surface area contributed by atoms with Crippen molar-refractivity contribution >= 4 is 29.0 Å². The molecule has 0 saturated carbocycles. The summed E-state index contributed by atoms with van der Waals surface area (Å²) in [5, 5.41) is 0. The van der Waals surface area contributed by atoms with E-state index in [4.69, 9.17) is 4.74 Å². The molecule has 23 heavy (non-hydrogen) atoms. The number of thioether (sulfide) groups is 1. The van der Waals surface area contributed by atoms with Crippen LogP contribution in [0.1, 0.15) is 39.1 Å². The lowest BCUT2D eigenvalue weighted by molar-refractivity contribution is 0.0790. The molecule has 0 unspecified atom stereocenters. The van der Waals surface area contributed by atoms with Crippen LogP contribution >= 0.6 is 23.1 Å². The number of ether oxygens (including phenoxy) is 1. The predicted molar refractivity (Wildman–Crippen MR) is 96.3 cm³/mol. The lowest BCUT2D eigenvalue weighted by Crippen LogP contribution is -2.25. The molecule has 1 aliphatic rings. The fourth-order valence-electron chi connectivity index (χ4n) is 2.75. The molecule has 1 saturated heterocycles. The van der Waals surface area contributed by atoms with E-state index in [9.17, 15) is 4.79 Å². The molecule has 0 bridgehead atoms. The Morgan fingerprint density at radius 1 is 1.39 bits per heavy atom. The minimum Gasteiger partial charge on any atom is -0.373 e. The summed E-state index contributed by atoms with van der Waals surface area (Å²) in [6.07, 6.45) is 4.42. The molecule has 0 N–H and O–H groups in total. The summed E-state index contributed by atoms with van der Waals surface area (Å²) in [5.74, 6) is 0.0776. The summed E-state index contributed by atoms with van der Waals surface area (Å²) in [5.41, 5.74) is 1.16. The van der Waals surface area contributed by atoms with E-state index in [0.717, 1.165) is 29.9 Å². The van der Waals surface area contributed by atoms with Gasteiger partial charge < -0.3 is 9.64 Å². The molecule has 3 rings (SSSR count). The van der Waals surface area contributed by atoms with Crippen molar-refractivity contribution in [3.63, 3.8) is 0 Å². The molecule has 3 nitrogen and oxygen atoms in total. The number of nitrogens with zero attached hydrogens (tertiary/aromatic N) is 1. The molecule has 1 aliphatic heterocycles. The van der Waals surface area contributed by atoms with Crippen LogP contribution in [0.15, 0.2) is 41.3 Å². The van der Waals surface area contributed by atoms with E-state index in [2.05, 4.69) is 24.5 Å². The third-order valence-corrected chi connectivity index (χ3v) is 5.88. The maximum atomic E-state index is 12.6. The largest absolute Gasteiger partial charge is 0.373 e. The monoisotopic (exact) mass is 347 g/mol. The molecule has 2 heterocycles. The maximum Gasteiger partial charge on any atom is 0.263 e. The molecule has 5 heteroatoms. The van der Waals surface area contributed by atoms with Gasteiger partial charge in [0.25, 0.3) is 5.91 Å². The Hall–Kier alpha value is -1.30. The van der Waals surface area contributed by atoms with Crippen molar-refractivity contribution in [2.45, 2.75) is 30.4 Å². The van der Waals surface area contributed by atoms with Gasteiger partial charge in [0.2, 0.25) is 0 Å². The van der Waals surface area contributed by atoms with Gasteiger partial charge in [0.1, 0.15) is 0 Å². The van der Waals surface area contributed by atoms with Crippen molar-refractivity contribution in [3.05, 3.63) is 51.7 Å². The topological polar surface area (TPSA) is 29.5 Å². The van der Waals surface area contributed by atoms with Crippen LogP contribution in [0.2, 0.25) is 0 Å². The average Bonchev–Trinajstić information content (AvgIpc) is 3.25. The van der Waals surface area contributed by atoms with E-state index < -0.39 is 0 Å². The van der Waals surface area contributed by atoms with Crippen LogP contribution in [0.25, 0.3) is 0 Å². The van der Waals surface area contributed by atoms with Crippen LogP contribution in [0.3, 0.4) is 0 Å². The van der Waals surface area contributed by atoms with Gasteiger partial charge in [0.05, 0.1) is 11.0 Å².